The first-order valence-electron chi connectivity index (χ1n) is 2.45. The molecule has 0 atom stereocenters. The van der Waals surface area contributed by atoms with Crippen molar-refractivity contribution >= 4 is 26.0 Å². The Balaban J connectivity index is 2.62. The first-order chi connectivity index (χ1) is 3.93. The monoisotopic (exact) mass is 142 g/mol. The fourth-order valence-electron chi connectivity index (χ4n) is 0.529. The Hall–Kier alpha value is -0.130. The molecule has 0 unspecified atom stereocenters. The summed E-state index contributed by atoms with van der Waals surface area (Å²) in [6.45, 7) is 0. The van der Waals surface area contributed by atoms with E-state index in [1.807, 2.05) is 5.80 Å². The topological polar surface area (TPSA) is 0 Å². The van der Waals surface area contributed by atoms with Crippen LogP contribution in [0, 0.1) is 0 Å². The summed E-state index contributed by atoms with van der Waals surface area (Å²) in [5.41, 5.74) is 0. The van der Waals surface area contributed by atoms with E-state index in [0.717, 1.165) is 6.42 Å². The van der Waals surface area contributed by atoms with E-state index in [2.05, 4.69) is 26.4 Å². The minimum atomic E-state index is 1.04. The zero-order valence-electron chi connectivity index (χ0n) is 4.42. The maximum atomic E-state index is 3.30. The van der Waals surface area contributed by atoms with Crippen molar-refractivity contribution in [1.29, 1.82) is 0 Å². The molecular formula is C6H7PS. The van der Waals surface area contributed by atoms with Crippen molar-refractivity contribution in [2.24, 2.45) is 0 Å². The lowest BCUT2D eigenvalue weighted by Gasteiger charge is -1.80. The second-order valence-corrected chi connectivity index (χ2v) is 2.93. The molecule has 0 radical (unpaired) electrons. The van der Waals surface area contributed by atoms with Gasteiger partial charge in [-0.05, 0) is 11.4 Å². The second kappa shape index (κ2) is 3.01. The minimum absolute atomic E-state index is 1.04. The molecule has 2 heteroatoms. The standard InChI is InChI=1S/C6H7PS/c7-4-3-6-2-1-5-8-6/h1-2,4-5,7H,3H2. The molecule has 8 heavy (non-hydrogen) atoms. The highest BCUT2D eigenvalue weighted by Gasteiger charge is 1.85. The van der Waals surface area contributed by atoms with E-state index in [0.29, 0.717) is 0 Å². The Morgan fingerprint density at radius 3 is 3.12 bits per heavy atom. The summed E-state index contributed by atoms with van der Waals surface area (Å²) in [6.07, 6.45) is 1.04. The summed E-state index contributed by atoms with van der Waals surface area (Å²) in [7, 11) is 3.30. The van der Waals surface area contributed by atoms with Gasteiger partial charge in [0.1, 0.15) is 0 Å². The molecule has 0 nitrogen and oxygen atoms in total. The Morgan fingerprint density at radius 2 is 2.62 bits per heavy atom. The van der Waals surface area contributed by atoms with Gasteiger partial charge >= 0.3 is 0 Å². The highest BCUT2D eigenvalue weighted by molar-refractivity contribution is 7.18. The van der Waals surface area contributed by atoms with Gasteiger partial charge in [0.15, 0.2) is 0 Å². The average molecular weight is 142 g/mol. The fourth-order valence-corrected chi connectivity index (χ4v) is 1.57. The zero-order valence-corrected chi connectivity index (χ0v) is 6.24. The van der Waals surface area contributed by atoms with Gasteiger partial charge in [-0.2, -0.15) is 0 Å². The van der Waals surface area contributed by atoms with Crippen LogP contribution in [0.3, 0.4) is 0 Å². The highest BCUT2D eigenvalue weighted by atomic mass is 32.1. The maximum absolute atomic E-state index is 3.30. The second-order valence-electron chi connectivity index (χ2n) is 1.49. The third-order valence-electron chi connectivity index (χ3n) is 0.883. The van der Waals surface area contributed by atoms with Crippen molar-refractivity contribution in [3.63, 3.8) is 0 Å². The number of rotatable bonds is 2. The molecule has 0 bridgehead atoms. The predicted octanol–water partition coefficient (Wildman–Crippen LogP) is 2.24. The van der Waals surface area contributed by atoms with E-state index in [1.165, 1.54) is 4.88 Å². The van der Waals surface area contributed by atoms with Gasteiger partial charge < -0.3 is 0 Å². The van der Waals surface area contributed by atoms with Crippen LogP contribution in [0.4, 0.5) is 0 Å². The normalized spacial score (nSPS) is 9.00. The number of hydrogen-bond donors (Lipinski definition) is 0. The first-order valence-corrected chi connectivity index (χ1v) is 3.90. The van der Waals surface area contributed by atoms with E-state index >= 15 is 0 Å². The Labute approximate surface area is 55.4 Å². The van der Waals surface area contributed by atoms with Crippen LogP contribution in [0.2, 0.25) is 0 Å². The Morgan fingerprint density at radius 1 is 1.75 bits per heavy atom. The zero-order chi connectivity index (χ0) is 5.82. The van der Waals surface area contributed by atoms with Crippen LogP contribution < -0.4 is 0 Å². The van der Waals surface area contributed by atoms with Crippen LogP contribution in [0.5, 0.6) is 0 Å². The summed E-state index contributed by atoms with van der Waals surface area (Å²) < 4.78 is 0. The molecule has 0 aliphatic heterocycles. The minimum Gasteiger partial charge on any atom is -0.149 e. The number of thiophene rings is 1. The SMILES string of the molecule is P=CCc1cccs1. The van der Waals surface area contributed by atoms with Crippen LogP contribution in [-0.4, -0.2) is 5.80 Å². The molecule has 1 aromatic rings. The molecule has 0 spiro atoms. The molecule has 42 valence electrons. The lowest BCUT2D eigenvalue weighted by Crippen LogP contribution is -1.73. The Bertz CT molecular complexity index is 155. The summed E-state index contributed by atoms with van der Waals surface area (Å²) in [4.78, 5) is 1.40. The van der Waals surface area contributed by atoms with Crippen molar-refractivity contribution in [2.75, 3.05) is 0 Å². The maximum Gasteiger partial charge on any atom is 0.00863 e. The third kappa shape index (κ3) is 1.43. The smallest absolute Gasteiger partial charge is 0.00863 e. The molecule has 0 aromatic carbocycles. The molecule has 0 aliphatic carbocycles. The molecule has 0 saturated carbocycles. The van der Waals surface area contributed by atoms with E-state index in [-0.39, 0.29) is 0 Å². The van der Waals surface area contributed by atoms with Gasteiger partial charge in [0, 0.05) is 11.3 Å². The molecule has 0 amide bonds. The molecule has 1 aromatic heterocycles. The molecule has 0 fully saturated rings. The molecule has 1 heterocycles. The average Bonchev–Trinajstić information content (AvgIpc) is 2.19. The van der Waals surface area contributed by atoms with Gasteiger partial charge in [-0.3, -0.25) is 0 Å². The van der Waals surface area contributed by atoms with Crippen molar-refractivity contribution in [3.05, 3.63) is 22.4 Å². The summed E-state index contributed by atoms with van der Waals surface area (Å²) in [6, 6.07) is 4.19. The van der Waals surface area contributed by atoms with Gasteiger partial charge in [0.2, 0.25) is 0 Å². The van der Waals surface area contributed by atoms with Crippen molar-refractivity contribution < 1.29 is 0 Å². The van der Waals surface area contributed by atoms with Crippen LogP contribution in [0.1, 0.15) is 4.88 Å². The highest BCUT2D eigenvalue weighted by Crippen LogP contribution is 2.07. The van der Waals surface area contributed by atoms with Crippen LogP contribution >= 0.6 is 20.2 Å². The summed E-state index contributed by atoms with van der Waals surface area (Å²) in [5, 5.41) is 2.09. The van der Waals surface area contributed by atoms with E-state index in [4.69, 9.17) is 0 Å². The third-order valence-corrected chi connectivity index (χ3v) is 1.99. The van der Waals surface area contributed by atoms with Gasteiger partial charge in [0.25, 0.3) is 0 Å². The van der Waals surface area contributed by atoms with E-state index < -0.39 is 0 Å². The fraction of sp³-hybridized carbons (Fsp3) is 0.167. The van der Waals surface area contributed by atoms with Gasteiger partial charge in [-0.1, -0.05) is 11.9 Å². The van der Waals surface area contributed by atoms with Crippen LogP contribution in [0.25, 0.3) is 0 Å². The van der Waals surface area contributed by atoms with Crippen molar-refractivity contribution in [3.8, 4) is 0 Å². The molecule has 0 aliphatic rings. The van der Waals surface area contributed by atoms with E-state index in [9.17, 15) is 0 Å². The lowest BCUT2D eigenvalue weighted by atomic mass is 10.4. The molecule has 1 rings (SSSR count). The van der Waals surface area contributed by atoms with Gasteiger partial charge in [-0.25, -0.2) is 0 Å². The first kappa shape index (κ1) is 6.00. The van der Waals surface area contributed by atoms with Crippen molar-refractivity contribution in [2.45, 2.75) is 6.42 Å². The molecule has 0 saturated heterocycles. The molecule has 0 N–H and O–H groups in total. The summed E-state index contributed by atoms with van der Waals surface area (Å²) in [5.74, 6) is 1.98. The quantitative estimate of drug-likeness (QED) is 0.555. The molecular weight excluding hydrogens is 135 g/mol. The predicted molar refractivity (Wildman–Crippen MR) is 42.4 cm³/mol. The number of hydrogen-bond acceptors (Lipinski definition) is 1. The van der Waals surface area contributed by atoms with Gasteiger partial charge in [0.05, 0.1) is 0 Å². The largest absolute Gasteiger partial charge is 0.149 e. The summed E-state index contributed by atoms with van der Waals surface area (Å²) >= 11 is 1.79. The lowest BCUT2D eigenvalue weighted by molar-refractivity contribution is 1.50. The van der Waals surface area contributed by atoms with E-state index in [1.54, 1.807) is 11.3 Å². The van der Waals surface area contributed by atoms with Crippen LogP contribution in [0.15, 0.2) is 17.5 Å². The van der Waals surface area contributed by atoms with Crippen molar-refractivity contribution in [1.82, 2.24) is 0 Å². The van der Waals surface area contributed by atoms with Gasteiger partial charge in [-0.15, -0.1) is 20.2 Å². The Kier molecular flexibility index (Phi) is 2.26. The van der Waals surface area contributed by atoms with Crippen LogP contribution in [-0.2, 0) is 6.42 Å².